The summed E-state index contributed by atoms with van der Waals surface area (Å²) in [7, 11) is 1.92. The van der Waals surface area contributed by atoms with Gasteiger partial charge in [0.05, 0.1) is 16.7 Å². The van der Waals surface area contributed by atoms with E-state index in [0.717, 1.165) is 31.8 Å². The third-order valence-corrected chi connectivity index (χ3v) is 4.22. The van der Waals surface area contributed by atoms with Gasteiger partial charge in [0.25, 0.3) is 0 Å². The zero-order valence-corrected chi connectivity index (χ0v) is 12.2. The van der Waals surface area contributed by atoms with Crippen LogP contribution in [0.5, 0.6) is 0 Å². The van der Waals surface area contributed by atoms with Gasteiger partial charge in [-0.3, -0.25) is 10.2 Å². The molecule has 0 unspecified atom stereocenters. The molecule has 1 saturated heterocycles. The molecule has 1 heterocycles. The Kier molecular flexibility index (Phi) is 4.87. The summed E-state index contributed by atoms with van der Waals surface area (Å²) in [6.45, 7) is 5.48. The molecule has 1 fully saturated rings. The quantitative estimate of drug-likeness (QED) is 0.926. The van der Waals surface area contributed by atoms with Crippen molar-refractivity contribution in [3.63, 3.8) is 0 Å². The van der Waals surface area contributed by atoms with Gasteiger partial charge >= 0.3 is 0 Å². The summed E-state index contributed by atoms with van der Waals surface area (Å²) in [5, 5.41) is 4.42. The molecule has 100 valence electrons. The van der Waals surface area contributed by atoms with E-state index in [1.807, 2.05) is 26.1 Å². The van der Waals surface area contributed by atoms with Crippen molar-refractivity contribution in [2.75, 3.05) is 26.7 Å². The van der Waals surface area contributed by atoms with Crippen molar-refractivity contribution in [2.24, 2.45) is 0 Å². The minimum atomic E-state index is 0.113. The number of hydrogen-bond donors (Lipinski definition) is 1. The Morgan fingerprint density at radius 1 is 1.44 bits per heavy atom. The van der Waals surface area contributed by atoms with Gasteiger partial charge in [-0.1, -0.05) is 29.3 Å². The molecule has 3 nitrogen and oxygen atoms in total. The molecule has 0 radical (unpaired) electrons. The summed E-state index contributed by atoms with van der Waals surface area (Å²) in [6.07, 6.45) is 0.113. The maximum atomic E-state index is 6.17. The highest BCUT2D eigenvalue weighted by Crippen LogP contribution is 2.28. The van der Waals surface area contributed by atoms with Gasteiger partial charge in [-0.2, -0.15) is 0 Å². The second-order valence-electron chi connectivity index (χ2n) is 4.53. The molecule has 0 spiro atoms. The number of nitrogens with zero attached hydrogens (tertiary/aromatic N) is 1. The highest BCUT2D eigenvalue weighted by molar-refractivity contribution is 6.42. The predicted octanol–water partition coefficient (Wildman–Crippen LogP) is 2.68. The van der Waals surface area contributed by atoms with Crippen molar-refractivity contribution >= 4 is 23.2 Å². The van der Waals surface area contributed by atoms with Gasteiger partial charge in [-0.25, -0.2) is 0 Å². The number of benzene rings is 1. The Balaban J connectivity index is 2.07. The van der Waals surface area contributed by atoms with E-state index in [-0.39, 0.29) is 6.23 Å². The molecule has 1 aliphatic rings. The third-order valence-electron chi connectivity index (χ3n) is 3.32. The number of ether oxygens (including phenoxy) is 1. The minimum Gasteiger partial charge on any atom is -0.361 e. The second kappa shape index (κ2) is 6.22. The Hall–Kier alpha value is -0.320. The van der Waals surface area contributed by atoms with Gasteiger partial charge in [-0.15, -0.1) is 0 Å². The molecule has 1 aromatic carbocycles. The second-order valence-corrected chi connectivity index (χ2v) is 5.31. The fourth-order valence-electron chi connectivity index (χ4n) is 2.12. The lowest BCUT2D eigenvalue weighted by atomic mass is 10.1. The number of halogens is 2. The SMILES string of the molecule is CN[C@@H]1CN(Cc2ccc(Cl)c(Cl)c2C)CCO1. The van der Waals surface area contributed by atoms with Crippen LogP contribution >= 0.6 is 23.2 Å². The standard InChI is InChI=1S/C13H18Cl2N2O/c1-9-10(3-4-11(14)13(9)15)7-17-5-6-18-12(8-17)16-2/h3-4,12,16H,5-8H2,1-2H3/t12-/m0/s1. The molecule has 0 saturated carbocycles. The number of rotatable bonds is 3. The van der Waals surface area contributed by atoms with Crippen molar-refractivity contribution < 1.29 is 4.74 Å². The van der Waals surface area contributed by atoms with Crippen LogP contribution in [-0.4, -0.2) is 37.9 Å². The van der Waals surface area contributed by atoms with Crippen molar-refractivity contribution in [3.8, 4) is 0 Å². The van der Waals surface area contributed by atoms with Gasteiger partial charge < -0.3 is 4.74 Å². The van der Waals surface area contributed by atoms with Crippen molar-refractivity contribution in [3.05, 3.63) is 33.3 Å². The molecular weight excluding hydrogens is 271 g/mol. The Labute approximate surface area is 118 Å². The molecule has 0 aromatic heterocycles. The minimum absolute atomic E-state index is 0.113. The van der Waals surface area contributed by atoms with Crippen LogP contribution in [0.2, 0.25) is 10.0 Å². The van der Waals surface area contributed by atoms with E-state index in [0.29, 0.717) is 10.0 Å². The predicted molar refractivity (Wildman–Crippen MR) is 75.3 cm³/mol. The highest BCUT2D eigenvalue weighted by atomic mass is 35.5. The lowest BCUT2D eigenvalue weighted by Crippen LogP contribution is -2.47. The van der Waals surface area contributed by atoms with Gasteiger partial charge in [0, 0.05) is 19.6 Å². The molecule has 1 atom stereocenters. The maximum absolute atomic E-state index is 6.17. The summed E-state index contributed by atoms with van der Waals surface area (Å²) >= 11 is 12.2. The van der Waals surface area contributed by atoms with Crippen molar-refractivity contribution in [1.29, 1.82) is 0 Å². The average molecular weight is 289 g/mol. The Morgan fingerprint density at radius 2 is 2.22 bits per heavy atom. The molecule has 5 heteroatoms. The number of morpholine rings is 1. The first-order valence-corrected chi connectivity index (χ1v) is 6.82. The Bertz CT molecular complexity index is 426. The Morgan fingerprint density at radius 3 is 2.94 bits per heavy atom. The number of nitrogens with one attached hydrogen (secondary N) is 1. The summed E-state index contributed by atoms with van der Waals surface area (Å²) in [6, 6.07) is 3.91. The summed E-state index contributed by atoms with van der Waals surface area (Å²) in [4.78, 5) is 2.36. The van der Waals surface area contributed by atoms with Gasteiger partial charge in [0.2, 0.25) is 0 Å². The molecule has 2 rings (SSSR count). The maximum Gasteiger partial charge on any atom is 0.120 e. The van der Waals surface area contributed by atoms with Crippen LogP contribution < -0.4 is 5.32 Å². The van der Waals surface area contributed by atoms with E-state index in [9.17, 15) is 0 Å². The molecule has 18 heavy (non-hydrogen) atoms. The van der Waals surface area contributed by atoms with Crippen molar-refractivity contribution in [1.82, 2.24) is 10.2 Å². The van der Waals surface area contributed by atoms with Crippen LogP contribution in [0.4, 0.5) is 0 Å². The van der Waals surface area contributed by atoms with Crippen LogP contribution in [0.25, 0.3) is 0 Å². The number of hydrogen-bond acceptors (Lipinski definition) is 3. The monoisotopic (exact) mass is 288 g/mol. The normalized spacial score (nSPS) is 21.2. The van der Waals surface area contributed by atoms with Gasteiger partial charge in [0.15, 0.2) is 0 Å². The third kappa shape index (κ3) is 3.16. The van der Waals surface area contributed by atoms with E-state index >= 15 is 0 Å². The highest BCUT2D eigenvalue weighted by Gasteiger charge is 2.19. The summed E-state index contributed by atoms with van der Waals surface area (Å²) < 4.78 is 5.57. The average Bonchev–Trinajstić information content (AvgIpc) is 2.40. The first-order valence-electron chi connectivity index (χ1n) is 6.06. The smallest absolute Gasteiger partial charge is 0.120 e. The molecule has 0 amide bonds. The zero-order chi connectivity index (χ0) is 13.1. The van der Waals surface area contributed by atoms with Crippen LogP contribution in [0.15, 0.2) is 12.1 Å². The lowest BCUT2D eigenvalue weighted by Gasteiger charge is -2.33. The van der Waals surface area contributed by atoms with E-state index in [1.165, 1.54) is 5.56 Å². The topological polar surface area (TPSA) is 24.5 Å². The van der Waals surface area contributed by atoms with Crippen LogP contribution in [-0.2, 0) is 11.3 Å². The van der Waals surface area contributed by atoms with E-state index in [4.69, 9.17) is 27.9 Å². The molecule has 1 N–H and O–H groups in total. The largest absolute Gasteiger partial charge is 0.361 e. The van der Waals surface area contributed by atoms with Gasteiger partial charge in [0.1, 0.15) is 6.23 Å². The first-order chi connectivity index (χ1) is 8.61. The molecule has 1 aromatic rings. The summed E-state index contributed by atoms with van der Waals surface area (Å²) in [5.74, 6) is 0. The van der Waals surface area contributed by atoms with Crippen LogP contribution in [0.1, 0.15) is 11.1 Å². The van der Waals surface area contributed by atoms with E-state index < -0.39 is 0 Å². The fraction of sp³-hybridized carbons (Fsp3) is 0.538. The molecule has 0 aliphatic carbocycles. The number of likely N-dealkylation sites (N-methyl/N-ethyl adjacent to an activating group) is 1. The molecule has 0 bridgehead atoms. The van der Waals surface area contributed by atoms with E-state index in [1.54, 1.807) is 0 Å². The summed E-state index contributed by atoms with van der Waals surface area (Å²) in [5.41, 5.74) is 2.29. The van der Waals surface area contributed by atoms with E-state index in [2.05, 4.69) is 10.2 Å². The van der Waals surface area contributed by atoms with Crippen LogP contribution in [0.3, 0.4) is 0 Å². The molecular formula is C13H18Cl2N2O. The van der Waals surface area contributed by atoms with Gasteiger partial charge in [-0.05, 0) is 31.2 Å². The van der Waals surface area contributed by atoms with Crippen molar-refractivity contribution in [2.45, 2.75) is 19.7 Å². The lowest BCUT2D eigenvalue weighted by molar-refractivity contribution is -0.0443. The molecule has 1 aliphatic heterocycles. The first kappa shape index (κ1) is 14.1. The zero-order valence-electron chi connectivity index (χ0n) is 10.7. The van der Waals surface area contributed by atoms with Crippen LogP contribution in [0, 0.1) is 6.92 Å². The fourth-order valence-corrected chi connectivity index (χ4v) is 2.51.